The SMILES string of the molecule is Cc1cc(NNc2ccc(S(=O)(=O)Nc3ccccn3)cc2)c(N)cc1O. The maximum atomic E-state index is 12.4. The molecule has 3 aromatic rings. The van der Waals surface area contributed by atoms with E-state index >= 15 is 0 Å². The Hall–Kier alpha value is -3.46. The first kappa shape index (κ1) is 18.3. The van der Waals surface area contributed by atoms with Crippen LogP contribution in [0.5, 0.6) is 5.75 Å². The van der Waals surface area contributed by atoms with Crippen molar-refractivity contribution in [3.63, 3.8) is 0 Å². The number of aromatic nitrogens is 1. The predicted octanol–water partition coefficient (Wildman–Crippen LogP) is 2.92. The smallest absolute Gasteiger partial charge is 0.263 e. The molecule has 0 aliphatic rings. The number of anilines is 4. The second-order valence-corrected chi connectivity index (χ2v) is 7.50. The van der Waals surface area contributed by atoms with E-state index in [-0.39, 0.29) is 16.5 Å². The summed E-state index contributed by atoms with van der Waals surface area (Å²) in [6.45, 7) is 1.76. The number of nitrogen functional groups attached to an aromatic ring is 1. The Morgan fingerprint density at radius 3 is 2.44 bits per heavy atom. The first-order valence-electron chi connectivity index (χ1n) is 8.00. The fourth-order valence-electron chi connectivity index (χ4n) is 2.30. The molecule has 27 heavy (non-hydrogen) atoms. The zero-order valence-electron chi connectivity index (χ0n) is 14.5. The second-order valence-electron chi connectivity index (χ2n) is 5.82. The number of nitrogens with two attached hydrogens (primary N) is 1. The van der Waals surface area contributed by atoms with Crippen LogP contribution in [0.4, 0.5) is 22.9 Å². The summed E-state index contributed by atoms with van der Waals surface area (Å²) >= 11 is 0. The van der Waals surface area contributed by atoms with Crippen molar-refractivity contribution in [1.82, 2.24) is 4.98 Å². The van der Waals surface area contributed by atoms with Crippen LogP contribution in [0.3, 0.4) is 0 Å². The van der Waals surface area contributed by atoms with Gasteiger partial charge in [0.1, 0.15) is 11.6 Å². The Morgan fingerprint density at radius 1 is 1.04 bits per heavy atom. The highest BCUT2D eigenvalue weighted by Gasteiger charge is 2.14. The van der Waals surface area contributed by atoms with E-state index in [9.17, 15) is 13.5 Å². The Kier molecular flexibility index (Phi) is 5.04. The monoisotopic (exact) mass is 385 g/mol. The maximum absolute atomic E-state index is 12.4. The molecule has 6 N–H and O–H groups in total. The van der Waals surface area contributed by atoms with E-state index in [0.29, 0.717) is 22.6 Å². The van der Waals surface area contributed by atoms with Crippen LogP contribution in [0.1, 0.15) is 5.56 Å². The van der Waals surface area contributed by atoms with E-state index in [2.05, 4.69) is 20.6 Å². The maximum Gasteiger partial charge on any atom is 0.263 e. The summed E-state index contributed by atoms with van der Waals surface area (Å²) in [5.41, 5.74) is 14.0. The van der Waals surface area contributed by atoms with E-state index in [0.717, 1.165) is 0 Å². The molecule has 0 aliphatic carbocycles. The van der Waals surface area contributed by atoms with Crippen molar-refractivity contribution in [2.24, 2.45) is 0 Å². The molecule has 2 aromatic carbocycles. The van der Waals surface area contributed by atoms with Crippen LogP contribution in [0.2, 0.25) is 0 Å². The summed E-state index contributed by atoms with van der Waals surface area (Å²) in [5, 5.41) is 9.63. The van der Waals surface area contributed by atoms with Gasteiger partial charge in [-0.2, -0.15) is 0 Å². The number of rotatable bonds is 6. The van der Waals surface area contributed by atoms with Crippen molar-refractivity contribution in [2.75, 3.05) is 21.3 Å². The van der Waals surface area contributed by atoms with Crippen LogP contribution in [-0.2, 0) is 10.0 Å². The van der Waals surface area contributed by atoms with E-state index in [4.69, 9.17) is 5.73 Å². The van der Waals surface area contributed by atoms with Crippen LogP contribution < -0.4 is 21.3 Å². The number of phenolic OH excluding ortho intramolecular Hbond substituents is 1. The second kappa shape index (κ2) is 7.42. The number of benzene rings is 2. The number of aryl methyl sites for hydroxylation is 1. The standard InChI is InChI=1S/C18H19N5O3S/c1-12-10-16(15(19)11-17(12)24)22-21-13-5-7-14(8-6-13)27(25,26)23-18-4-2-3-9-20-18/h2-11,21-22,24H,19H2,1H3,(H,20,23). The van der Waals surface area contributed by atoms with Gasteiger partial charge in [0.2, 0.25) is 0 Å². The number of nitrogens with zero attached hydrogens (tertiary/aromatic N) is 1. The molecular formula is C18H19N5O3S. The van der Waals surface area contributed by atoms with Crippen molar-refractivity contribution in [3.05, 3.63) is 66.4 Å². The first-order valence-corrected chi connectivity index (χ1v) is 9.48. The van der Waals surface area contributed by atoms with Gasteiger partial charge in [-0.1, -0.05) is 6.07 Å². The lowest BCUT2D eigenvalue weighted by molar-refractivity contribution is 0.471. The summed E-state index contributed by atoms with van der Waals surface area (Å²) < 4.78 is 27.2. The highest BCUT2D eigenvalue weighted by molar-refractivity contribution is 7.92. The van der Waals surface area contributed by atoms with Crippen LogP contribution in [-0.4, -0.2) is 18.5 Å². The molecule has 0 unspecified atom stereocenters. The van der Waals surface area contributed by atoms with Crippen LogP contribution in [0.15, 0.2) is 65.7 Å². The molecule has 3 rings (SSSR count). The van der Waals surface area contributed by atoms with Gasteiger partial charge >= 0.3 is 0 Å². The number of hydrogen-bond donors (Lipinski definition) is 5. The normalized spacial score (nSPS) is 11.0. The average molecular weight is 385 g/mol. The zero-order chi connectivity index (χ0) is 19.4. The molecule has 9 heteroatoms. The quantitative estimate of drug-likeness (QED) is 0.251. The van der Waals surface area contributed by atoms with Gasteiger partial charge in [-0.15, -0.1) is 0 Å². The Labute approximate surface area is 157 Å². The molecule has 0 atom stereocenters. The summed E-state index contributed by atoms with van der Waals surface area (Å²) in [6.07, 6.45) is 1.51. The molecule has 8 nitrogen and oxygen atoms in total. The zero-order valence-corrected chi connectivity index (χ0v) is 15.3. The minimum atomic E-state index is -3.72. The van der Waals surface area contributed by atoms with Crippen molar-refractivity contribution in [3.8, 4) is 5.75 Å². The van der Waals surface area contributed by atoms with E-state index < -0.39 is 10.0 Å². The minimum absolute atomic E-state index is 0.110. The summed E-state index contributed by atoms with van der Waals surface area (Å²) in [5.74, 6) is 0.368. The molecule has 1 heterocycles. The van der Waals surface area contributed by atoms with Crippen LogP contribution in [0, 0.1) is 6.92 Å². The van der Waals surface area contributed by atoms with E-state index in [1.54, 1.807) is 43.3 Å². The van der Waals surface area contributed by atoms with E-state index in [1.807, 2.05) is 0 Å². The molecule has 0 fully saturated rings. The third-order valence-electron chi connectivity index (χ3n) is 3.78. The molecule has 140 valence electrons. The van der Waals surface area contributed by atoms with Gasteiger partial charge in [-0.3, -0.25) is 10.1 Å². The summed E-state index contributed by atoms with van der Waals surface area (Å²) in [6, 6.07) is 14.3. The highest BCUT2D eigenvalue weighted by Crippen LogP contribution is 2.27. The molecule has 0 bridgehead atoms. The molecular weight excluding hydrogens is 366 g/mol. The number of hydrazine groups is 1. The highest BCUT2D eigenvalue weighted by atomic mass is 32.2. The van der Waals surface area contributed by atoms with Gasteiger partial charge in [0.05, 0.1) is 22.0 Å². The number of pyridine rings is 1. The molecule has 0 spiro atoms. The van der Waals surface area contributed by atoms with Gasteiger partial charge in [-0.05, 0) is 55.0 Å². The van der Waals surface area contributed by atoms with Gasteiger partial charge in [0.25, 0.3) is 10.0 Å². The molecule has 0 aliphatic heterocycles. The number of sulfonamides is 1. The summed E-state index contributed by atoms with van der Waals surface area (Å²) in [7, 11) is -3.72. The lowest BCUT2D eigenvalue weighted by atomic mass is 10.2. The topological polar surface area (TPSA) is 129 Å². The lowest BCUT2D eigenvalue weighted by Crippen LogP contribution is -2.14. The number of aromatic hydroxyl groups is 1. The van der Waals surface area contributed by atoms with Gasteiger partial charge in [-0.25, -0.2) is 13.4 Å². The minimum Gasteiger partial charge on any atom is -0.508 e. The summed E-state index contributed by atoms with van der Waals surface area (Å²) in [4.78, 5) is 4.06. The third kappa shape index (κ3) is 4.39. The molecule has 0 amide bonds. The molecule has 0 radical (unpaired) electrons. The van der Waals surface area contributed by atoms with E-state index in [1.165, 1.54) is 24.4 Å². The molecule has 0 saturated carbocycles. The molecule has 1 aromatic heterocycles. The number of phenols is 1. The Morgan fingerprint density at radius 2 is 1.78 bits per heavy atom. The van der Waals surface area contributed by atoms with Crippen molar-refractivity contribution < 1.29 is 13.5 Å². The Bertz CT molecular complexity index is 1040. The largest absolute Gasteiger partial charge is 0.508 e. The van der Waals surface area contributed by atoms with Crippen LogP contribution >= 0.6 is 0 Å². The lowest BCUT2D eigenvalue weighted by Gasteiger charge is -2.14. The van der Waals surface area contributed by atoms with Crippen LogP contribution in [0.25, 0.3) is 0 Å². The third-order valence-corrected chi connectivity index (χ3v) is 5.15. The fourth-order valence-corrected chi connectivity index (χ4v) is 3.31. The average Bonchev–Trinajstić information content (AvgIpc) is 2.64. The van der Waals surface area contributed by atoms with Crippen molar-refractivity contribution in [1.29, 1.82) is 0 Å². The molecule has 0 saturated heterocycles. The van der Waals surface area contributed by atoms with Gasteiger partial charge in [0, 0.05) is 12.3 Å². The van der Waals surface area contributed by atoms with Crippen molar-refractivity contribution in [2.45, 2.75) is 11.8 Å². The Balaban J connectivity index is 1.69. The fraction of sp³-hybridized carbons (Fsp3) is 0.0556. The first-order chi connectivity index (χ1) is 12.8. The number of hydrogen-bond acceptors (Lipinski definition) is 7. The van der Waals surface area contributed by atoms with Crippen molar-refractivity contribution >= 4 is 32.9 Å². The predicted molar refractivity (Wildman–Crippen MR) is 106 cm³/mol. The van der Waals surface area contributed by atoms with Gasteiger partial charge < -0.3 is 16.3 Å². The van der Waals surface area contributed by atoms with Gasteiger partial charge in [0.15, 0.2) is 0 Å². The number of nitrogens with one attached hydrogen (secondary N) is 3.